The van der Waals surface area contributed by atoms with Crippen LogP contribution in [-0.2, 0) is 10.1 Å². The Morgan fingerprint density at radius 1 is 1.42 bits per heavy atom. The van der Waals surface area contributed by atoms with Gasteiger partial charge in [-0.2, -0.15) is 8.42 Å². The fourth-order valence-electron chi connectivity index (χ4n) is 0.501. The first-order valence-electron chi connectivity index (χ1n) is 2.33. The summed E-state index contributed by atoms with van der Waals surface area (Å²) in [5.41, 5.74) is 0. The van der Waals surface area contributed by atoms with E-state index >= 15 is 0 Å². The SMILES string of the molecule is O=S(=O)(O)c1cc(Cl)sc1Cl.[CaH2]. The van der Waals surface area contributed by atoms with Crippen LogP contribution in [0, 0.1) is 0 Å². The Kier molecular flexibility index (Phi) is 5.37. The van der Waals surface area contributed by atoms with Crippen LogP contribution in [0.2, 0.25) is 8.67 Å². The molecule has 0 saturated heterocycles. The molecule has 1 aromatic heterocycles. The molecule has 0 aliphatic rings. The average molecular weight is 275 g/mol. The molecule has 1 heterocycles. The van der Waals surface area contributed by atoms with E-state index in [1.54, 1.807) is 0 Å². The number of thiophene rings is 1. The van der Waals surface area contributed by atoms with Crippen LogP contribution in [0.3, 0.4) is 0 Å². The van der Waals surface area contributed by atoms with Crippen molar-refractivity contribution in [1.82, 2.24) is 0 Å². The van der Waals surface area contributed by atoms with Gasteiger partial charge >= 0.3 is 37.7 Å². The van der Waals surface area contributed by atoms with Crippen molar-refractivity contribution >= 4 is 82.4 Å². The number of hydrogen-bond acceptors (Lipinski definition) is 3. The summed E-state index contributed by atoms with van der Waals surface area (Å²) in [5, 5.41) is 0. The van der Waals surface area contributed by atoms with Crippen molar-refractivity contribution in [3.8, 4) is 0 Å². The third-order valence-electron chi connectivity index (χ3n) is 0.903. The predicted molar refractivity (Wildman–Crippen MR) is 52.7 cm³/mol. The molecule has 0 aromatic carbocycles. The van der Waals surface area contributed by atoms with E-state index in [2.05, 4.69) is 0 Å². The molecule has 0 atom stereocenters. The standard InChI is InChI=1S/C4H2Cl2O3S2.Ca.2H/c5-3-1-2(4(6)10-3)11(7,8)9;;;/h1H,(H,7,8,9);;;. The summed E-state index contributed by atoms with van der Waals surface area (Å²) < 4.78 is 29.7. The molecule has 0 unspecified atom stereocenters. The molecule has 66 valence electrons. The van der Waals surface area contributed by atoms with Crippen LogP contribution in [-0.4, -0.2) is 50.7 Å². The zero-order valence-electron chi connectivity index (χ0n) is 4.91. The van der Waals surface area contributed by atoms with E-state index in [0.29, 0.717) is 0 Å². The van der Waals surface area contributed by atoms with Gasteiger partial charge in [-0.1, -0.05) is 23.2 Å². The summed E-state index contributed by atoms with van der Waals surface area (Å²) in [6.45, 7) is 0. The van der Waals surface area contributed by atoms with Crippen LogP contribution in [0.1, 0.15) is 0 Å². The van der Waals surface area contributed by atoms with E-state index in [9.17, 15) is 8.42 Å². The summed E-state index contributed by atoms with van der Waals surface area (Å²) in [6, 6.07) is 1.10. The molecule has 0 amide bonds. The second kappa shape index (κ2) is 4.79. The predicted octanol–water partition coefficient (Wildman–Crippen LogP) is 1.39. The van der Waals surface area contributed by atoms with Gasteiger partial charge in [-0.3, -0.25) is 4.55 Å². The van der Waals surface area contributed by atoms with Gasteiger partial charge in [-0.25, -0.2) is 0 Å². The molecule has 1 rings (SSSR count). The Balaban J connectivity index is 0.00000121. The average Bonchev–Trinajstić information content (AvgIpc) is 2.08. The van der Waals surface area contributed by atoms with E-state index in [0.717, 1.165) is 17.4 Å². The van der Waals surface area contributed by atoms with Crippen molar-refractivity contribution < 1.29 is 13.0 Å². The summed E-state index contributed by atoms with van der Waals surface area (Å²) in [4.78, 5) is -0.339. The van der Waals surface area contributed by atoms with Gasteiger partial charge in [0.2, 0.25) is 0 Å². The Labute approximate surface area is 113 Å². The van der Waals surface area contributed by atoms with E-state index in [1.165, 1.54) is 0 Å². The fourth-order valence-corrected chi connectivity index (χ4v) is 3.11. The maximum atomic E-state index is 10.5. The van der Waals surface area contributed by atoms with Crippen LogP contribution in [0.15, 0.2) is 11.0 Å². The third-order valence-corrected chi connectivity index (χ3v) is 3.51. The molecule has 3 nitrogen and oxygen atoms in total. The molecular formula is C4H4CaCl2O3S2. The first-order valence-corrected chi connectivity index (χ1v) is 5.35. The van der Waals surface area contributed by atoms with Gasteiger partial charge in [0, 0.05) is 0 Å². The molecule has 8 heteroatoms. The quantitative estimate of drug-likeness (QED) is 0.622. The Morgan fingerprint density at radius 2 is 1.92 bits per heavy atom. The van der Waals surface area contributed by atoms with Gasteiger partial charge in [0.15, 0.2) is 0 Å². The molecule has 12 heavy (non-hydrogen) atoms. The van der Waals surface area contributed by atoms with Crippen molar-refractivity contribution in [1.29, 1.82) is 0 Å². The zero-order chi connectivity index (χ0) is 8.65. The van der Waals surface area contributed by atoms with Crippen LogP contribution in [0.25, 0.3) is 0 Å². The zero-order valence-corrected chi connectivity index (χ0v) is 8.06. The van der Waals surface area contributed by atoms with Crippen molar-refractivity contribution in [2.45, 2.75) is 4.90 Å². The van der Waals surface area contributed by atoms with Gasteiger partial charge in [-0.15, -0.1) is 11.3 Å². The Hall–Kier alpha value is 1.45. The normalized spacial score (nSPS) is 10.9. The van der Waals surface area contributed by atoms with Gasteiger partial charge < -0.3 is 0 Å². The number of hydrogen-bond donors (Lipinski definition) is 1. The summed E-state index contributed by atoms with van der Waals surface area (Å²) in [7, 11) is -4.22. The van der Waals surface area contributed by atoms with Crippen molar-refractivity contribution in [3.05, 3.63) is 14.7 Å². The van der Waals surface area contributed by atoms with Gasteiger partial charge in [0.1, 0.15) is 9.23 Å². The van der Waals surface area contributed by atoms with Crippen LogP contribution >= 0.6 is 34.5 Å². The van der Waals surface area contributed by atoms with Gasteiger partial charge in [0.05, 0.1) is 4.34 Å². The van der Waals surface area contributed by atoms with Crippen molar-refractivity contribution in [2.75, 3.05) is 0 Å². The van der Waals surface area contributed by atoms with Crippen molar-refractivity contribution in [3.63, 3.8) is 0 Å². The summed E-state index contributed by atoms with van der Waals surface area (Å²) >= 11 is 11.7. The molecular weight excluding hydrogens is 271 g/mol. The summed E-state index contributed by atoms with van der Waals surface area (Å²) in [6.07, 6.45) is 0. The maximum absolute atomic E-state index is 10.5. The second-order valence-electron chi connectivity index (χ2n) is 1.66. The Morgan fingerprint density at radius 3 is 2.08 bits per heavy atom. The first kappa shape index (κ1) is 13.4. The Bertz CT molecular complexity index is 372. The second-order valence-corrected chi connectivity index (χ2v) is 5.34. The topological polar surface area (TPSA) is 54.4 Å². The fraction of sp³-hybridized carbons (Fsp3) is 0. The molecule has 0 radical (unpaired) electrons. The van der Waals surface area contributed by atoms with Gasteiger partial charge in [0.25, 0.3) is 10.1 Å². The molecule has 1 N–H and O–H groups in total. The molecule has 0 saturated carbocycles. The minimum atomic E-state index is -4.22. The minimum absolute atomic E-state index is 0. The third kappa shape index (κ3) is 3.31. The molecule has 0 fully saturated rings. The molecule has 0 bridgehead atoms. The van der Waals surface area contributed by atoms with Crippen molar-refractivity contribution in [2.24, 2.45) is 0 Å². The van der Waals surface area contributed by atoms with E-state index < -0.39 is 10.1 Å². The molecule has 1 aromatic rings. The van der Waals surface area contributed by atoms with Crippen LogP contribution in [0.5, 0.6) is 0 Å². The number of rotatable bonds is 1. The monoisotopic (exact) mass is 274 g/mol. The van der Waals surface area contributed by atoms with Gasteiger partial charge in [-0.05, 0) is 6.07 Å². The molecule has 0 spiro atoms. The molecule has 0 aliphatic heterocycles. The molecule has 0 aliphatic carbocycles. The first-order chi connectivity index (χ1) is 4.91. The van der Waals surface area contributed by atoms with E-state index in [-0.39, 0.29) is 51.3 Å². The van der Waals surface area contributed by atoms with E-state index in [4.69, 9.17) is 27.8 Å². The van der Waals surface area contributed by atoms with Crippen LogP contribution < -0.4 is 0 Å². The van der Waals surface area contributed by atoms with E-state index in [1.807, 2.05) is 0 Å². The number of halogens is 2. The summed E-state index contributed by atoms with van der Waals surface area (Å²) in [5.74, 6) is 0. The van der Waals surface area contributed by atoms with Crippen LogP contribution in [0.4, 0.5) is 0 Å².